The predicted molar refractivity (Wildman–Crippen MR) is 79.5 cm³/mol. The molecule has 1 aromatic rings. The highest BCUT2D eigenvalue weighted by Crippen LogP contribution is 2.27. The van der Waals surface area contributed by atoms with E-state index < -0.39 is 5.97 Å². The summed E-state index contributed by atoms with van der Waals surface area (Å²) < 4.78 is 4.58. The number of hydrogen-bond acceptors (Lipinski definition) is 6. The van der Waals surface area contributed by atoms with Gasteiger partial charge in [0.25, 0.3) is 0 Å². The van der Waals surface area contributed by atoms with E-state index in [0.29, 0.717) is 18.1 Å². The zero-order valence-electron chi connectivity index (χ0n) is 11.7. The maximum absolute atomic E-state index is 11.6. The van der Waals surface area contributed by atoms with Gasteiger partial charge in [0.1, 0.15) is 0 Å². The Balaban J connectivity index is 2.43. The van der Waals surface area contributed by atoms with E-state index in [1.54, 1.807) is 0 Å². The summed E-state index contributed by atoms with van der Waals surface area (Å²) in [6.45, 7) is 4.39. The molecule has 1 amide bonds. The van der Waals surface area contributed by atoms with Crippen LogP contribution in [0.25, 0.3) is 0 Å². The van der Waals surface area contributed by atoms with Crippen molar-refractivity contribution in [3.8, 4) is 0 Å². The lowest BCUT2D eigenvalue weighted by atomic mass is 10.2. The van der Waals surface area contributed by atoms with E-state index in [4.69, 9.17) is 11.6 Å². The number of thiazole rings is 1. The summed E-state index contributed by atoms with van der Waals surface area (Å²) in [5.41, 5.74) is 0. The second-order valence-electron chi connectivity index (χ2n) is 4.18. The van der Waals surface area contributed by atoms with Gasteiger partial charge in [-0.1, -0.05) is 29.9 Å². The molecule has 8 heteroatoms. The molecule has 0 fully saturated rings. The van der Waals surface area contributed by atoms with Crippen molar-refractivity contribution in [3.05, 3.63) is 10.0 Å². The lowest BCUT2D eigenvalue weighted by Crippen LogP contribution is -2.32. The molecule has 0 spiro atoms. The van der Waals surface area contributed by atoms with Crippen molar-refractivity contribution in [3.63, 3.8) is 0 Å². The Kier molecular flexibility index (Phi) is 6.74. The summed E-state index contributed by atoms with van der Waals surface area (Å²) in [6, 6.07) is 0.169. The average molecular weight is 320 g/mol. The Labute approximate surface area is 126 Å². The number of anilines is 1. The predicted octanol–water partition coefficient (Wildman–Crippen LogP) is 2.30. The first-order chi connectivity index (χ1) is 9.47. The number of carbonyl (C=O) groups is 2. The van der Waals surface area contributed by atoms with Crippen molar-refractivity contribution in [2.45, 2.75) is 32.7 Å². The third-order valence-electron chi connectivity index (χ3n) is 2.60. The molecule has 0 saturated carbocycles. The van der Waals surface area contributed by atoms with Gasteiger partial charge in [0.2, 0.25) is 5.91 Å². The van der Waals surface area contributed by atoms with Crippen LogP contribution in [0.5, 0.6) is 0 Å². The lowest BCUT2D eigenvalue weighted by Gasteiger charge is -2.11. The Morgan fingerprint density at radius 2 is 2.20 bits per heavy atom. The summed E-state index contributed by atoms with van der Waals surface area (Å²) in [6.07, 6.45) is 1.22. The van der Waals surface area contributed by atoms with Gasteiger partial charge >= 0.3 is 5.97 Å². The van der Waals surface area contributed by atoms with Crippen LogP contribution in [0.2, 0.25) is 5.15 Å². The van der Waals surface area contributed by atoms with Crippen LogP contribution < -0.4 is 10.6 Å². The van der Waals surface area contributed by atoms with E-state index in [0.717, 1.165) is 17.8 Å². The van der Waals surface area contributed by atoms with Gasteiger partial charge in [-0.2, -0.15) is 0 Å². The van der Waals surface area contributed by atoms with E-state index >= 15 is 0 Å². The highest BCUT2D eigenvalue weighted by molar-refractivity contribution is 7.18. The second kappa shape index (κ2) is 8.06. The molecule has 1 atom stereocenters. The van der Waals surface area contributed by atoms with Gasteiger partial charge in [-0.15, -0.1) is 0 Å². The van der Waals surface area contributed by atoms with Gasteiger partial charge in [0, 0.05) is 19.0 Å². The zero-order chi connectivity index (χ0) is 15.1. The van der Waals surface area contributed by atoms with Crippen molar-refractivity contribution in [2.24, 2.45) is 0 Å². The van der Waals surface area contributed by atoms with E-state index in [2.05, 4.69) is 20.4 Å². The van der Waals surface area contributed by atoms with Crippen LogP contribution in [0.4, 0.5) is 5.13 Å². The number of nitrogens with one attached hydrogen (secondary N) is 2. The van der Waals surface area contributed by atoms with Crippen LogP contribution in [0, 0.1) is 0 Å². The smallest absolute Gasteiger partial charge is 0.351 e. The summed E-state index contributed by atoms with van der Waals surface area (Å²) in [5.74, 6) is -0.544. The second-order valence-corrected chi connectivity index (χ2v) is 5.54. The van der Waals surface area contributed by atoms with Gasteiger partial charge in [-0.3, -0.25) is 4.79 Å². The topological polar surface area (TPSA) is 80.3 Å². The Morgan fingerprint density at radius 1 is 1.50 bits per heavy atom. The molecule has 0 saturated heterocycles. The fraction of sp³-hybridized carbons (Fsp3) is 0.583. The van der Waals surface area contributed by atoms with E-state index in [-0.39, 0.29) is 22.0 Å². The SMILES string of the molecule is CCC(C)NC(=O)CCNc1nc(Cl)c(C(=O)OC)s1. The molecule has 0 aromatic carbocycles. The number of aromatic nitrogens is 1. The minimum Gasteiger partial charge on any atom is -0.465 e. The molecule has 1 heterocycles. The Morgan fingerprint density at radius 3 is 2.80 bits per heavy atom. The van der Waals surface area contributed by atoms with Crippen LogP contribution >= 0.6 is 22.9 Å². The maximum atomic E-state index is 11.6. The fourth-order valence-electron chi connectivity index (χ4n) is 1.33. The summed E-state index contributed by atoms with van der Waals surface area (Å²) in [4.78, 5) is 27.2. The van der Waals surface area contributed by atoms with E-state index in [1.165, 1.54) is 7.11 Å². The molecule has 1 aromatic heterocycles. The Hall–Kier alpha value is -1.34. The first kappa shape index (κ1) is 16.7. The standard InChI is InChI=1S/C12H18ClN3O3S/c1-4-7(2)15-8(17)5-6-14-12-16-10(13)9(20-12)11(18)19-3/h7H,4-6H2,1-3H3,(H,14,16)(H,15,17). The number of methoxy groups -OCH3 is 1. The lowest BCUT2D eigenvalue weighted by molar-refractivity contribution is -0.121. The number of amides is 1. The molecule has 112 valence electrons. The van der Waals surface area contributed by atoms with Crippen LogP contribution in [-0.2, 0) is 9.53 Å². The molecule has 0 aliphatic carbocycles. The molecule has 2 N–H and O–H groups in total. The first-order valence-electron chi connectivity index (χ1n) is 6.25. The van der Waals surface area contributed by atoms with Crippen molar-refractivity contribution >= 4 is 39.9 Å². The number of rotatable bonds is 7. The number of esters is 1. The number of hydrogen-bond donors (Lipinski definition) is 2. The van der Waals surface area contributed by atoms with Crippen molar-refractivity contribution < 1.29 is 14.3 Å². The molecule has 6 nitrogen and oxygen atoms in total. The number of carbonyl (C=O) groups excluding carboxylic acids is 2. The molecule has 0 radical (unpaired) electrons. The molecular formula is C12H18ClN3O3S. The third kappa shape index (κ3) is 4.97. The molecule has 0 aliphatic heterocycles. The van der Waals surface area contributed by atoms with Gasteiger partial charge in [0.15, 0.2) is 15.2 Å². The molecule has 1 unspecified atom stereocenters. The monoisotopic (exact) mass is 319 g/mol. The van der Waals surface area contributed by atoms with Crippen molar-refractivity contribution in [2.75, 3.05) is 19.0 Å². The number of ether oxygens (including phenoxy) is 1. The Bertz CT molecular complexity index is 479. The molecule has 0 aliphatic rings. The average Bonchev–Trinajstić information content (AvgIpc) is 2.78. The van der Waals surface area contributed by atoms with Gasteiger partial charge < -0.3 is 15.4 Å². The van der Waals surface area contributed by atoms with Gasteiger partial charge in [-0.25, -0.2) is 9.78 Å². The van der Waals surface area contributed by atoms with Crippen molar-refractivity contribution in [1.29, 1.82) is 0 Å². The summed E-state index contributed by atoms with van der Waals surface area (Å²) in [5, 5.41) is 6.42. The first-order valence-corrected chi connectivity index (χ1v) is 7.45. The quantitative estimate of drug-likeness (QED) is 0.754. The molecule has 0 bridgehead atoms. The highest BCUT2D eigenvalue weighted by atomic mass is 35.5. The maximum Gasteiger partial charge on any atom is 0.351 e. The van der Waals surface area contributed by atoms with Crippen LogP contribution in [-0.4, -0.2) is 36.6 Å². The molecule has 1 rings (SSSR count). The van der Waals surface area contributed by atoms with Crippen LogP contribution in [0.15, 0.2) is 0 Å². The minimum absolute atomic E-state index is 0.0253. The van der Waals surface area contributed by atoms with E-state index in [1.807, 2.05) is 13.8 Å². The minimum atomic E-state index is -0.518. The van der Waals surface area contributed by atoms with Gasteiger partial charge in [0.05, 0.1) is 7.11 Å². The van der Waals surface area contributed by atoms with E-state index in [9.17, 15) is 9.59 Å². The summed E-state index contributed by atoms with van der Waals surface area (Å²) in [7, 11) is 1.28. The zero-order valence-corrected chi connectivity index (χ0v) is 13.2. The largest absolute Gasteiger partial charge is 0.465 e. The fourth-order valence-corrected chi connectivity index (χ4v) is 2.46. The van der Waals surface area contributed by atoms with Crippen molar-refractivity contribution in [1.82, 2.24) is 10.3 Å². The molecular weight excluding hydrogens is 302 g/mol. The normalized spacial score (nSPS) is 11.8. The number of nitrogens with zero attached hydrogens (tertiary/aromatic N) is 1. The molecule has 20 heavy (non-hydrogen) atoms. The third-order valence-corrected chi connectivity index (χ3v) is 3.98. The van der Waals surface area contributed by atoms with Gasteiger partial charge in [-0.05, 0) is 13.3 Å². The van der Waals surface area contributed by atoms with Crippen LogP contribution in [0.3, 0.4) is 0 Å². The number of halogens is 1. The highest BCUT2D eigenvalue weighted by Gasteiger charge is 2.17. The summed E-state index contributed by atoms with van der Waals surface area (Å²) >= 11 is 6.93. The van der Waals surface area contributed by atoms with Crippen LogP contribution in [0.1, 0.15) is 36.4 Å².